The van der Waals surface area contributed by atoms with Crippen molar-refractivity contribution in [3.63, 3.8) is 0 Å². The Labute approximate surface area is 188 Å². The molecule has 32 heavy (non-hydrogen) atoms. The molecule has 1 N–H and O–H groups in total. The summed E-state index contributed by atoms with van der Waals surface area (Å²) in [5.41, 5.74) is 5.11. The van der Waals surface area contributed by atoms with Crippen LogP contribution in [0.25, 0.3) is 11.0 Å². The van der Waals surface area contributed by atoms with E-state index in [9.17, 15) is 14.7 Å². The summed E-state index contributed by atoms with van der Waals surface area (Å²) < 4.78 is 15.5. The number of unbranched alkanes of at least 4 members (excludes halogenated alkanes) is 1. The number of carboxylic acids is 1. The van der Waals surface area contributed by atoms with Crippen LogP contribution in [0.1, 0.15) is 52.5 Å². The van der Waals surface area contributed by atoms with Crippen LogP contribution in [0.4, 0.5) is 0 Å². The maximum atomic E-state index is 11.6. The number of aromatic nitrogens is 4. The molecule has 0 atom stereocenters. The second-order valence-corrected chi connectivity index (χ2v) is 7.96. The van der Waals surface area contributed by atoms with Crippen molar-refractivity contribution in [3.05, 3.63) is 70.4 Å². The normalized spacial score (nSPS) is 11.0. The zero-order valence-corrected chi connectivity index (χ0v) is 18.3. The Morgan fingerprint density at radius 3 is 2.78 bits per heavy atom. The molecular weight excluding hydrogens is 428 g/mol. The van der Waals surface area contributed by atoms with Crippen molar-refractivity contribution >= 4 is 35.2 Å². The van der Waals surface area contributed by atoms with Gasteiger partial charge in [0.05, 0.1) is 29.5 Å². The zero-order valence-electron chi connectivity index (χ0n) is 17.5. The molecule has 0 aliphatic heterocycles. The molecule has 4 aromatic rings. The van der Waals surface area contributed by atoms with Crippen LogP contribution < -0.4 is 4.74 Å². The third kappa shape index (κ3) is 4.52. The SMILES string of the molecule is CCCCc1nn(Cc2ccccc2C(=O)O)c(OC=O)c1Cc1ccc2nsnc2c1. The third-order valence-electron chi connectivity index (χ3n) is 5.28. The molecule has 4 rings (SSSR count). The summed E-state index contributed by atoms with van der Waals surface area (Å²) in [6, 6.07) is 12.6. The van der Waals surface area contributed by atoms with E-state index in [0.29, 0.717) is 24.3 Å². The summed E-state index contributed by atoms with van der Waals surface area (Å²) in [6.45, 7) is 2.67. The first-order valence-corrected chi connectivity index (χ1v) is 11.0. The summed E-state index contributed by atoms with van der Waals surface area (Å²) in [5, 5.41) is 14.3. The lowest BCUT2D eigenvalue weighted by Crippen LogP contribution is -2.10. The molecule has 0 aliphatic rings. The van der Waals surface area contributed by atoms with Gasteiger partial charge in [-0.2, -0.15) is 13.8 Å². The molecule has 2 heterocycles. The minimum atomic E-state index is -1.01. The first kappa shape index (κ1) is 21.6. The Kier molecular flexibility index (Phi) is 6.55. The van der Waals surface area contributed by atoms with E-state index in [4.69, 9.17) is 9.84 Å². The number of hydrogen-bond acceptors (Lipinski definition) is 7. The highest BCUT2D eigenvalue weighted by molar-refractivity contribution is 7.00. The van der Waals surface area contributed by atoms with Crippen molar-refractivity contribution in [2.45, 2.75) is 39.2 Å². The molecule has 0 amide bonds. The molecule has 8 nitrogen and oxygen atoms in total. The fourth-order valence-corrected chi connectivity index (χ4v) is 4.23. The van der Waals surface area contributed by atoms with Gasteiger partial charge in [0.1, 0.15) is 11.0 Å². The third-order valence-corrected chi connectivity index (χ3v) is 5.83. The predicted octanol–water partition coefficient (Wildman–Crippen LogP) is 4.10. The molecule has 9 heteroatoms. The smallest absolute Gasteiger partial charge is 0.336 e. The largest absolute Gasteiger partial charge is 0.478 e. The Bertz CT molecular complexity index is 1260. The molecule has 0 saturated carbocycles. The average Bonchev–Trinajstić information content (AvgIpc) is 3.38. The van der Waals surface area contributed by atoms with Gasteiger partial charge in [-0.15, -0.1) is 0 Å². The highest BCUT2D eigenvalue weighted by atomic mass is 32.1. The van der Waals surface area contributed by atoms with E-state index in [1.54, 1.807) is 28.9 Å². The molecule has 2 aromatic carbocycles. The fraction of sp³-hybridized carbons (Fsp3) is 0.261. The van der Waals surface area contributed by atoms with Gasteiger partial charge in [0.25, 0.3) is 6.47 Å². The van der Waals surface area contributed by atoms with Gasteiger partial charge < -0.3 is 9.84 Å². The number of carbonyl (C=O) groups is 2. The molecule has 0 radical (unpaired) electrons. The van der Waals surface area contributed by atoms with E-state index in [1.165, 1.54) is 11.7 Å². The zero-order chi connectivity index (χ0) is 22.5. The van der Waals surface area contributed by atoms with Crippen LogP contribution in [0.3, 0.4) is 0 Å². The van der Waals surface area contributed by atoms with Crippen molar-refractivity contribution in [2.24, 2.45) is 0 Å². The van der Waals surface area contributed by atoms with Gasteiger partial charge >= 0.3 is 5.97 Å². The van der Waals surface area contributed by atoms with Gasteiger partial charge in [-0.25, -0.2) is 9.48 Å². The van der Waals surface area contributed by atoms with Crippen molar-refractivity contribution in [3.8, 4) is 5.88 Å². The average molecular weight is 451 g/mol. The quantitative estimate of drug-likeness (QED) is 0.362. The lowest BCUT2D eigenvalue weighted by molar-refractivity contribution is -0.121. The van der Waals surface area contributed by atoms with Crippen LogP contribution in [0.5, 0.6) is 5.88 Å². The number of hydrogen-bond donors (Lipinski definition) is 1. The summed E-state index contributed by atoms with van der Waals surface area (Å²) in [6.07, 6.45) is 3.17. The number of carboxylic acid groups (broad SMARTS) is 1. The number of fused-ring (bicyclic) bond motifs is 1. The van der Waals surface area contributed by atoms with Crippen LogP contribution in [0.15, 0.2) is 42.5 Å². The van der Waals surface area contributed by atoms with Crippen LogP contribution in [0.2, 0.25) is 0 Å². The van der Waals surface area contributed by atoms with E-state index < -0.39 is 5.97 Å². The van der Waals surface area contributed by atoms with Crippen molar-refractivity contribution in [2.75, 3.05) is 0 Å². The van der Waals surface area contributed by atoms with E-state index in [0.717, 1.165) is 47.1 Å². The van der Waals surface area contributed by atoms with Crippen LogP contribution in [0, 0.1) is 0 Å². The summed E-state index contributed by atoms with van der Waals surface area (Å²) in [7, 11) is 0. The molecule has 164 valence electrons. The van der Waals surface area contributed by atoms with Gasteiger partial charge in [-0.3, -0.25) is 4.79 Å². The molecule has 0 unspecified atom stereocenters. The van der Waals surface area contributed by atoms with Crippen LogP contribution in [-0.4, -0.2) is 36.1 Å². The number of carbonyl (C=O) groups excluding carboxylic acids is 1. The summed E-state index contributed by atoms with van der Waals surface area (Å²) in [4.78, 5) is 23.0. The number of nitrogens with zero attached hydrogens (tertiary/aromatic N) is 4. The lowest BCUT2D eigenvalue weighted by atomic mass is 10.0. The van der Waals surface area contributed by atoms with E-state index in [-0.39, 0.29) is 12.1 Å². The molecule has 0 fully saturated rings. The lowest BCUT2D eigenvalue weighted by Gasteiger charge is -2.10. The van der Waals surface area contributed by atoms with Crippen molar-refractivity contribution < 1.29 is 19.4 Å². The highest BCUT2D eigenvalue weighted by Gasteiger charge is 2.21. The van der Waals surface area contributed by atoms with Gasteiger partial charge in [0, 0.05) is 12.0 Å². The van der Waals surface area contributed by atoms with Crippen molar-refractivity contribution in [1.29, 1.82) is 0 Å². The first-order valence-electron chi connectivity index (χ1n) is 10.3. The highest BCUT2D eigenvalue weighted by Crippen LogP contribution is 2.29. The van der Waals surface area contributed by atoms with Gasteiger partial charge in [-0.05, 0) is 42.2 Å². The molecule has 0 aliphatic carbocycles. The van der Waals surface area contributed by atoms with Gasteiger partial charge in [0.2, 0.25) is 5.88 Å². The Morgan fingerprint density at radius 1 is 1.19 bits per heavy atom. The Morgan fingerprint density at radius 2 is 2.00 bits per heavy atom. The van der Waals surface area contributed by atoms with Crippen LogP contribution >= 0.6 is 11.7 Å². The maximum Gasteiger partial charge on any atom is 0.336 e. The molecule has 0 saturated heterocycles. The molecule has 2 aromatic heterocycles. The number of rotatable bonds is 10. The first-order chi connectivity index (χ1) is 15.6. The van der Waals surface area contributed by atoms with Crippen LogP contribution in [-0.2, 0) is 24.2 Å². The topological polar surface area (TPSA) is 107 Å². The Hall–Kier alpha value is -3.59. The minimum absolute atomic E-state index is 0.180. The number of aromatic carboxylic acids is 1. The fourth-order valence-electron chi connectivity index (χ4n) is 3.71. The molecular formula is C23H22N4O4S. The van der Waals surface area contributed by atoms with Gasteiger partial charge in [0.15, 0.2) is 0 Å². The minimum Gasteiger partial charge on any atom is -0.478 e. The Balaban J connectivity index is 1.76. The summed E-state index contributed by atoms with van der Waals surface area (Å²) >= 11 is 1.17. The molecule has 0 spiro atoms. The second-order valence-electron chi connectivity index (χ2n) is 7.43. The number of aryl methyl sites for hydroxylation is 1. The standard InChI is InChI=1S/C23H22N4O4S/c1-2-3-8-19-18(11-15-9-10-20-21(12-15)26-32-25-20)22(31-14-28)27(24-19)13-16-6-4-5-7-17(16)23(29)30/h4-7,9-10,12,14H,2-3,8,11,13H2,1H3,(H,29,30). The molecule has 0 bridgehead atoms. The van der Waals surface area contributed by atoms with E-state index in [2.05, 4.69) is 15.7 Å². The van der Waals surface area contributed by atoms with Crippen molar-refractivity contribution in [1.82, 2.24) is 18.5 Å². The van der Waals surface area contributed by atoms with E-state index >= 15 is 0 Å². The number of benzene rings is 2. The second kappa shape index (κ2) is 9.69. The van der Waals surface area contributed by atoms with Gasteiger partial charge in [-0.1, -0.05) is 37.6 Å². The van der Waals surface area contributed by atoms with E-state index in [1.807, 2.05) is 18.2 Å². The summed E-state index contributed by atoms with van der Waals surface area (Å²) in [5.74, 6) is -0.676. The maximum absolute atomic E-state index is 11.6. The monoisotopic (exact) mass is 450 g/mol. The predicted molar refractivity (Wildman–Crippen MR) is 120 cm³/mol. The number of ether oxygens (including phenoxy) is 1.